The van der Waals surface area contributed by atoms with Gasteiger partial charge in [-0.2, -0.15) is 0 Å². The maximum atomic E-state index is 11.1. The highest BCUT2D eigenvalue weighted by atomic mass is 16.3. The first-order chi connectivity index (χ1) is 7.66. The molecule has 2 atom stereocenters. The molecule has 1 aliphatic heterocycles. The number of nitrogens with zero attached hydrogens (tertiary/aromatic N) is 1. The van der Waals surface area contributed by atoms with Crippen molar-refractivity contribution in [2.75, 3.05) is 19.6 Å². The van der Waals surface area contributed by atoms with Gasteiger partial charge in [-0.3, -0.25) is 9.69 Å². The lowest BCUT2D eigenvalue weighted by Crippen LogP contribution is -2.39. The molecule has 1 aliphatic carbocycles. The lowest BCUT2D eigenvalue weighted by atomic mass is 9.98. The first-order valence-electron chi connectivity index (χ1n) is 5.64. The van der Waals surface area contributed by atoms with Crippen molar-refractivity contribution in [2.24, 2.45) is 0 Å². The van der Waals surface area contributed by atoms with Crippen LogP contribution < -0.4 is 0 Å². The van der Waals surface area contributed by atoms with E-state index < -0.39 is 12.2 Å². The maximum Gasteiger partial charge on any atom is 0.135 e. The van der Waals surface area contributed by atoms with Crippen LogP contribution in [0.5, 0.6) is 0 Å². The molecule has 1 fully saturated rings. The number of Topliss-reactive ketones (excluding diaryl/α,β-unsaturated/α-hetero) is 1. The van der Waals surface area contributed by atoms with Gasteiger partial charge in [0.15, 0.2) is 0 Å². The van der Waals surface area contributed by atoms with Gasteiger partial charge in [0, 0.05) is 32.5 Å². The summed E-state index contributed by atoms with van der Waals surface area (Å²) in [5.41, 5.74) is 0.823. The number of carbonyl (C=O) groups excluding carboxylic acids is 1. The molecule has 0 aromatic rings. The minimum atomic E-state index is -0.803. The molecule has 4 nitrogen and oxygen atoms in total. The van der Waals surface area contributed by atoms with E-state index in [0.29, 0.717) is 25.2 Å². The molecule has 2 N–H and O–H groups in total. The highest BCUT2D eigenvalue weighted by Crippen LogP contribution is 2.17. The molecule has 0 amide bonds. The number of carbonyl (C=O) groups is 1. The summed E-state index contributed by atoms with van der Waals surface area (Å²) in [6.45, 7) is 2.14. The topological polar surface area (TPSA) is 60.8 Å². The van der Waals surface area contributed by atoms with Crippen LogP contribution >= 0.6 is 0 Å². The minimum Gasteiger partial charge on any atom is -0.386 e. The summed E-state index contributed by atoms with van der Waals surface area (Å²) >= 11 is 0. The fraction of sp³-hybridized carbons (Fsp3) is 0.583. The van der Waals surface area contributed by atoms with Gasteiger partial charge in [0.25, 0.3) is 0 Å². The lowest BCUT2D eigenvalue weighted by molar-refractivity contribution is -0.121. The Morgan fingerprint density at radius 2 is 2.00 bits per heavy atom. The average molecular weight is 223 g/mol. The van der Waals surface area contributed by atoms with Crippen molar-refractivity contribution >= 4 is 5.78 Å². The quantitative estimate of drug-likeness (QED) is 0.684. The molecule has 88 valence electrons. The monoisotopic (exact) mass is 223 g/mol. The van der Waals surface area contributed by atoms with Crippen molar-refractivity contribution in [3.8, 4) is 0 Å². The summed E-state index contributed by atoms with van der Waals surface area (Å²) < 4.78 is 0. The number of aliphatic hydroxyl groups excluding tert-OH is 2. The van der Waals surface area contributed by atoms with Crippen LogP contribution in [0.2, 0.25) is 0 Å². The van der Waals surface area contributed by atoms with Gasteiger partial charge < -0.3 is 10.2 Å². The van der Waals surface area contributed by atoms with E-state index in [4.69, 9.17) is 0 Å². The lowest BCUT2D eigenvalue weighted by Gasteiger charge is -2.30. The Labute approximate surface area is 94.9 Å². The molecule has 1 saturated heterocycles. The summed E-state index contributed by atoms with van der Waals surface area (Å²) in [7, 11) is 0. The molecule has 0 aromatic carbocycles. The van der Waals surface area contributed by atoms with E-state index in [-0.39, 0.29) is 0 Å². The van der Waals surface area contributed by atoms with Crippen molar-refractivity contribution < 1.29 is 15.0 Å². The molecular formula is C12H17NO3. The van der Waals surface area contributed by atoms with E-state index in [1.807, 2.05) is 6.08 Å². The van der Waals surface area contributed by atoms with Crippen LogP contribution in [0.1, 0.15) is 12.8 Å². The summed E-state index contributed by atoms with van der Waals surface area (Å²) in [5.74, 6) is 0.314. The molecule has 4 heteroatoms. The van der Waals surface area contributed by atoms with E-state index in [9.17, 15) is 15.0 Å². The number of ketones is 1. The molecule has 0 spiro atoms. The molecule has 0 saturated carbocycles. The van der Waals surface area contributed by atoms with E-state index in [1.54, 1.807) is 12.2 Å². The minimum absolute atomic E-state index is 0.314. The molecule has 0 aromatic heterocycles. The largest absolute Gasteiger partial charge is 0.386 e. The van der Waals surface area contributed by atoms with Crippen LogP contribution in [0.25, 0.3) is 0 Å². The fourth-order valence-corrected chi connectivity index (χ4v) is 2.08. The Balaban J connectivity index is 1.92. The predicted octanol–water partition coefficient (Wildman–Crippen LogP) is -0.131. The van der Waals surface area contributed by atoms with Crippen molar-refractivity contribution in [1.29, 1.82) is 0 Å². The van der Waals surface area contributed by atoms with Crippen LogP contribution in [0.4, 0.5) is 0 Å². The van der Waals surface area contributed by atoms with E-state index in [2.05, 4.69) is 4.90 Å². The van der Waals surface area contributed by atoms with Crippen molar-refractivity contribution in [3.05, 3.63) is 23.8 Å². The number of likely N-dealkylation sites (tertiary alicyclic amines) is 1. The number of allylic oxidation sites excluding steroid dienone is 2. The van der Waals surface area contributed by atoms with Gasteiger partial charge in [-0.15, -0.1) is 0 Å². The zero-order valence-electron chi connectivity index (χ0n) is 9.17. The number of hydrogen-bond donors (Lipinski definition) is 2. The Kier molecular flexibility index (Phi) is 3.53. The smallest absolute Gasteiger partial charge is 0.135 e. The van der Waals surface area contributed by atoms with E-state index in [0.717, 1.165) is 18.7 Å². The van der Waals surface area contributed by atoms with Gasteiger partial charge >= 0.3 is 0 Å². The summed E-state index contributed by atoms with van der Waals surface area (Å²) in [6.07, 6.45) is 4.78. The maximum absolute atomic E-state index is 11.1. The Morgan fingerprint density at radius 1 is 1.31 bits per heavy atom. The highest BCUT2D eigenvalue weighted by Gasteiger charge is 2.24. The summed E-state index contributed by atoms with van der Waals surface area (Å²) in [5, 5.41) is 19.2. The number of hydrogen-bond acceptors (Lipinski definition) is 4. The standard InChI is InChI=1S/C12H17NO3/c14-10-4-6-13(7-5-10)8-9-2-1-3-11(15)12(9)16/h1-3,11-12,15-16H,4-8H2. The van der Waals surface area contributed by atoms with Gasteiger partial charge in [-0.25, -0.2) is 0 Å². The molecule has 2 aliphatic rings. The third-order valence-electron chi connectivity index (χ3n) is 3.14. The molecule has 1 heterocycles. The van der Waals surface area contributed by atoms with Crippen molar-refractivity contribution in [1.82, 2.24) is 4.90 Å². The average Bonchev–Trinajstić information content (AvgIpc) is 2.28. The van der Waals surface area contributed by atoms with Gasteiger partial charge in [0.2, 0.25) is 0 Å². The van der Waals surface area contributed by atoms with Gasteiger partial charge in [-0.05, 0) is 5.57 Å². The Bertz CT molecular complexity index is 325. The van der Waals surface area contributed by atoms with Gasteiger partial charge in [-0.1, -0.05) is 18.2 Å². The zero-order valence-corrected chi connectivity index (χ0v) is 9.17. The highest BCUT2D eigenvalue weighted by molar-refractivity contribution is 5.79. The summed E-state index contributed by atoms with van der Waals surface area (Å²) in [4.78, 5) is 13.2. The molecule has 0 bridgehead atoms. The van der Waals surface area contributed by atoms with Crippen LogP contribution in [0, 0.1) is 0 Å². The first-order valence-corrected chi connectivity index (χ1v) is 5.64. The van der Waals surface area contributed by atoms with E-state index >= 15 is 0 Å². The summed E-state index contributed by atoms with van der Waals surface area (Å²) in [6, 6.07) is 0. The van der Waals surface area contributed by atoms with Crippen LogP contribution in [0.15, 0.2) is 23.8 Å². The van der Waals surface area contributed by atoms with Crippen LogP contribution in [-0.2, 0) is 4.79 Å². The van der Waals surface area contributed by atoms with E-state index in [1.165, 1.54) is 0 Å². The zero-order chi connectivity index (χ0) is 11.5. The second-order valence-electron chi connectivity index (χ2n) is 4.38. The second kappa shape index (κ2) is 4.91. The van der Waals surface area contributed by atoms with Crippen LogP contribution in [-0.4, -0.2) is 52.7 Å². The first kappa shape index (κ1) is 11.5. The predicted molar refractivity (Wildman–Crippen MR) is 59.9 cm³/mol. The van der Waals surface area contributed by atoms with Crippen molar-refractivity contribution in [2.45, 2.75) is 25.0 Å². The number of rotatable bonds is 2. The third kappa shape index (κ3) is 2.58. The second-order valence-corrected chi connectivity index (χ2v) is 4.38. The van der Waals surface area contributed by atoms with Gasteiger partial charge in [0.05, 0.1) is 0 Å². The number of piperidine rings is 1. The fourth-order valence-electron chi connectivity index (χ4n) is 2.08. The van der Waals surface area contributed by atoms with Gasteiger partial charge in [0.1, 0.15) is 18.0 Å². The Hall–Kier alpha value is -0.970. The Morgan fingerprint density at radius 3 is 2.69 bits per heavy atom. The van der Waals surface area contributed by atoms with Crippen LogP contribution in [0.3, 0.4) is 0 Å². The van der Waals surface area contributed by atoms with Crippen molar-refractivity contribution in [3.63, 3.8) is 0 Å². The molecular weight excluding hydrogens is 206 g/mol. The molecule has 2 unspecified atom stereocenters. The number of aliphatic hydroxyl groups is 2. The third-order valence-corrected chi connectivity index (χ3v) is 3.14. The normalized spacial score (nSPS) is 31.6. The molecule has 2 rings (SSSR count). The molecule has 16 heavy (non-hydrogen) atoms. The SMILES string of the molecule is O=C1CCN(CC2=CC=CC(O)C2O)CC1. The molecule has 0 radical (unpaired) electrons.